The second-order valence-corrected chi connectivity index (χ2v) is 5.48. The molecule has 0 aromatic carbocycles. The Morgan fingerprint density at radius 2 is 2.14 bits per heavy atom. The van der Waals surface area contributed by atoms with Gasteiger partial charge in [-0.25, -0.2) is 9.78 Å². The fourth-order valence-electron chi connectivity index (χ4n) is 2.64. The summed E-state index contributed by atoms with van der Waals surface area (Å²) in [7, 11) is 0. The highest BCUT2D eigenvalue weighted by molar-refractivity contribution is 5.77. The standard InChI is InChI=1S/C14H21N3O4/c1-8-7-15-12(21-8)9(2)16-14(20)17-11-6-4-3-5-10(11)13(18)19/h7,9-11H,3-6H2,1-2H3,(H,18,19)(H2,16,17,20). The molecule has 7 nitrogen and oxygen atoms in total. The number of hydrogen-bond acceptors (Lipinski definition) is 4. The summed E-state index contributed by atoms with van der Waals surface area (Å²) in [5.74, 6) is -0.251. The number of carbonyl (C=O) groups is 2. The van der Waals surface area contributed by atoms with Crippen molar-refractivity contribution in [1.82, 2.24) is 15.6 Å². The Morgan fingerprint density at radius 1 is 1.43 bits per heavy atom. The average molecular weight is 295 g/mol. The first-order valence-electron chi connectivity index (χ1n) is 7.19. The lowest BCUT2D eigenvalue weighted by molar-refractivity contribution is -0.143. The van der Waals surface area contributed by atoms with Crippen molar-refractivity contribution in [3.8, 4) is 0 Å². The normalized spacial score (nSPS) is 23.3. The Morgan fingerprint density at radius 3 is 2.76 bits per heavy atom. The van der Waals surface area contributed by atoms with Crippen LogP contribution in [0.4, 0.5) is 4.79 Å². The van der Waals surface area contributed by atoms with Crippen LogP contribution in [0.25, 0.3) is 0 Å². The maximum absolute atomic E-state index is 12.0. The third-order valence-corrected chi connectivity index (χ3v) is 3.76. The van der Waals surface area contributed by atoms with Crippen LogP contribution in [-0.4, -0.2) is 28.1 Å². The van der Waals surface area contributed by atoms with Crippen molar-refractivity contribution in [2.75, 3.05) is 0 Å². The number of aromatic nitrogens is 1. The fraction of sp³-hybridized carbons (Fsp3) is 0.643. The SMILES string of the molecule is Cc1cnc(C(C)NC(=O)NC2CCCCC2C(=O)O)o1. The zero-order chi connectivity index (χ0) is 15.4. The monoisotopic (exact) mass is 295 g/mol. The van der Waals surface area contributed by atoms with Gasteiger partial charge in [-0.05, 0) is 26.7 Å². The van der Waals surface area contributed by atoms with E-state index in [9.17, 15) is 14.7 Å². The van der Waals surface area contributed by atoms with E-state index in [4.69, 9.17) is 4.42 Å². The highest BCUT2D eigenvalue weighted by Crippen LogP contribution is 2.24. The predicted molar refractivity (Wildman–Crippen MR) is 74.7 cm³/mol. The zero-order valence-electron chi connectivity index (χ0n) is 12.3. The molecule has 3 unspecified atom stereocenters. The van der Waals surface area contributed by atoms with E-state index in [1.807, 2.05) is 0 Å². The summed E-state index contributed by atoms with van der Waals surface area (Å²) in [5, 5.41) is 14.7. The van der Waals surface area contributed by atoms with Gasteiger partial charge in [-0.3, -0.25) is 4.79 Å². The Hall–Kier alpha value is -2.05. The minimum atomic E-state index is -0.851. The maximum atomic E-state index is 12.0. The van der Waals surface area contributed by atoms with Gasteiger partial charge in [-0.1, -0.05) is 12.8 Å². The van der Waals surface area contributed by atoms with E-state index in [0.717, 1.165) is 12.8 Å². The molecule has 0 saturated heterocycles. The minimum absolute atomic E-state index is 0.324. The third-order valence-electron chi connectivity index (χ3n) is 3.76. The average Bonchev–Trinajstić information content (AvgIpc) is 2.85. The predicted octanol–water partition coefficient (Wildman–Crippen LogP) is 1.99. The first-order chi connectivity index (χ1) is 9.97. The van der Waals surface area contributed by atoms with Gasteiger partial charge in [0, 0.05) is 6.04 Å². The second kappa shape index (κ2) is 6.60. The summed E-state index contributed by atoms with van der Waals surface area (Å²) >= 11 is 0. The highest BCUT2D eigenvalue weighted by atomic mass is 16.4. The molecular formula is C14H21N3O4. The van der Waals surface area contributed by atoms with Crippen LogP contribution >= 0.6 is 0 Å². The molecule has 1 aliphatic carbocycles. The number of urea groups is 1. The first kappa shape index (κ1) is 15.3. The van der Waals surface area contributed by atoms with Gasteiger partial charge in [-0.15, -0.1) is 0 Å². The molecule has 0 aliphatic heterocycles. The fourth-order valence-corrected chi connectivity index (χ4v) is 2.64. The van der Waals surface area contributed by atoms with Crippen LogP contribution in [0.1, 0.15) is 50.3 Å². The summed E-state index contributed by atoms with van der Waals surface area (Å²) in [6.45, 7) is 3.54. The number of nitrogens with one attached hydrogen (secondary N) is 2. The molecule has 3 N–H and O–H groups in total. The van der Waals surface area contributed by atoms with Crippen molar-refractivity contribution in [2.24, 2.45) is 5.92 Å². The van der Waals surface area contributed by atoms with E-state index in [0.29, 0.717) is 24.5 Å². The molecule has 0 spiro atoms. The van der Waals surface area contributed by atoms with Gasteiger partial charge in [-0.2, -0.15) is 0 Å². The Balaban J connectivity index is 1.89. The van der Waals surface area contributed by atoms with Crippen molar-refractivity contribution < 1.29 is 19.1 Å². The first-order valence-corrected chi connectivity index (χ1v) is 7.19. The van der Waals surface area contributed by atoms with Crippen LogP contribution in [0, 0.1) is 12.8 Å². The van der Waals surface area contributed by atoms with Gasteiger partial charge >= 0.3 is 12.0 Å². The second-order valence-electron chi connectivity index (χ2n) is 5.48. The van der Waals surface area contributed by atoms with Gasteiger partial charge in [0.05, 0.1) is 12.1 Å². The molecule has 116 valence electrons. The lowest BCUT2D eigenvalue weighted by Gasteiger charge is -2.29. The van der Waals surface area contributed by atoms with Crippen LogP contribution in [-0.2, 0) is 4.79 Å². The molecule has 1 fully saturated rings. The molecule has 3 atom stereocenters. The van der Waals surface area contributed by atoms with Crippen LogP contribution < -0.4 is 10.6 Å². The summed E-state index contributed by atoms with van der Waals surface area (Å²) in [6, 6.07) is -1.09. The number of oxazole rings is 1. The van der Waals surface area contributed by atoms with Crippen LogP contribution in [0.15, 0.2) is 10.6 Å². The molecule has 2 rings (SSSR count). The maximum Gasteiger partial charge on any atom is 0.315 e. The molecule has 0 radical (unpaired) electrons. The quantitative estimate of drug-likeness (QED) is 0.788. The molecule has 1 heterocycles. The van der Waals surface area contributed by atoms with E-state index < -0.39 is 17.9 Å². The smallest absolute Gasteiger partial charge is 0.315 e. The molecule has 7 heteroatoms. The highest BCUT2D eigenvalue weighted by Gasteiger charge is 2.32. The number of rotatable bonds is 4. The van der Waals surface area contributed by atoms with Gasteiger partial charge in [0.15, 0.2) is 0 Å². The van der Waals surface area contributed by atoms with E-state index in [1.165, 1.54) is 0 Å². The topological polar surface area (TPSA) is 104 Å². The number of carboxylic acid groups (broad SMARTS) is 1. The van der Waals surface area contributed by atoms with Gasteiger partial charge in [0.1, 0.15) is 11.8 Å². The lowest BCUT2D eigenvalue weighted by atomic mass is 9.84. The molecule has 1 aromatic rings. The summed E-state index contributed by atoms with van der Waals surface area (Å²) < 4.78 is 5.35. The zero-order valence-corrected chi connectivity index (χ0v) is 12.3. The third kappa shape index (κ3) is 3.96. The summed E-state index contributed by atoms with van der Waals surface area (Å²) in [6.07, 6.45) is 4.71. The summed E-state index contributed by atoms with van der Waals surface area (Å²) in [5.41, 5.74) is 0. The van der Waals surface area contributed by atoms with Crippen molar-refractivity contribution in [3.63, 3.8) is 0 Å². The Kier molecular flexibility index (Phi) is 4.82. The molecular weight excluding hydrogens is 274 g/mol. The van der Waals surface area contributed by atoms with Crippen LogP contribution in [0.5, 0.6) is 0 Å². The number of carbonyl (C=O) groups excluding carboxylic acids is 1. The molecule has 1 aliphatic rings. The molecule has 21 heavy (non-hydrogen) atoms. The number of carboxylic acids is 1. The number of aryl methyl sites for hydroxylation is 1. The van der Waals surface area contributed by atoms with Crippen LogP contribution in [0.2, 0.25) is 0 Å². The lowest BCUT2D eigenvalue weighted by Crippen LogP contribution is -2.49. The van der Waals surface area contributed by atoms with E-state index in [1.54, 1.807) is 20.0 Å². The van der Waals surface area contributed by atoms with Gasteiger partial charge < -0.3 is 20.2 Å². The molecule has 2 amide bonds. The van der Waals surface area contributed by atoms with Gasteiger partial charge in [0.25, 0.3) is 0 Å². The number of aliphatic carboxylic acids is 1. The van der Waals surface area contributed by atoms with Crippen molar-refractivity contribution in [2.45, 2.75) is 51.6 Å². The van der Waals surface area contributed by atoms with Crippen molar-refractivity contribution in [3.05, 3.63) is 17.8 Å². The van der Waals surface area contributed by atoms with Crippen LogP contribution in [0.3, 0.4) is 0 Å². The number of hydrogen-bond donors (Lipinski definition) is 3. The molecule has 1 aromatic heterocycles. The van der Waals surface area contributed by atoms with Crippen molar-refractivity contribution >= 4 is 12.0 Å². The Bertz CT molecular complexity index is 514. The minimum Gasteiger partial charge on any atom is -0.481 e. The largest absolute Gasteiger partial charge is 0.481 e. The van der Waals surface area contributed by atoms with E-state index in [2.05, 4.69) is 15.6 Å². The van der Waals surface area contributed by atoms with Crippen molar-refractivity contribution in [1.29, 1.82) is 0 Å². The van der Waals surface area contributed by atoms with E-state index in [-0.39, 0.29) is 12.1 Å². The number of nitrogens with zero attached hydrogens (tertiary/aromatic N) is 1. The van der Waals surface area contributed by atoms with Gasteiger partial charge in [0.2, 0.25) is 5.89 Å². The molecule has 0 bridgehead atoms. The molecule has 1 saturated carbocycles. The van der Waals surface area contributed by atoms with E-state index >= 15 is 0 Å². The summed E-state index contributed by atoms with van der Waals surface area (Å²) in [4.78, 5) is 27.2. The Labute approximate surface area is 123 Å². The number of amides is 2.